The lowest BCUT2D eigenvalue weighted by Gasteiger charge is -2.21. The predicted octanol–water partition coefficient (Wildman–Crippen LogP) is 4.18. The van der Waals surface area contributed by atoms with Gasteiger partial charge in [-0.1, -0.05) is 54.1 Å². The first-order chi connectivity index (χ1) is 13.9. The van der Waals surface area contributed by atoms with Crippen molar-refractivity contribution in [3.05, 3.63) is 82.2 Å². The molecule has 1 aliphatic heterocycles. The second-order valence-corrected chi connectivity index (χ2v) is 8.19. The maximum Gasteiger partial charge on any atom is 0.344 e. The number of hydrazine groups is 1. The third-order valence-electron chi connectivity index (χ3n) is 4.71. The van der Waals surface area contributed by atoms with Crippen LogP contribution in [0.2, 0.25) is 5.02 Å². The van der Waals surface area contributed by atoms with E-state index in [1.54, 1.807) is 49.4 Å². The zero-order chi connectivity index (χ0) is 20.6. The minimum atomic E-state index is -1.24. The quantitative estimate of drug-likeness (QED) is 0.615. The maximum atomic E-state index is 12.9. The molecule has 0 bridgehead atoms. The van der Waals surface area contributed by atoms with Crippen molar-refractivity contribution in [2.45, 2.75) is 12.5 Å². The third-order valence-corrected chi connectivity index (χ3v) is 6.10. The standard InChI is InChI=1S/C21H16ClN3O3S/c1-21(14-5-3-2-4-6-14)19(27)25(20(28)23-21)24-18(26)17-12-11-16(29-17)13-7-9-15(22)10-8-13/h2-12H,1H3,(H,23,28)(H,24,26)/t21-/m0/s1. The molecule has 4 amide bonds. The molecule has 6 nitrogen and oxygen atoms in total. The minimum Gasteiger partial charge on any atom is -0.318 e. The van der Waals surface area contributed by atoms with Gasteiger partial charge < -0.3 is 5.32 Å². The molecule has 1 atom stereocenters. The van der Waals surface area contributed by atoms with E-state index in [0.717, 1.165) is 15.4 Å². The van der Waals surface area contributed by atoms with Gasteiger partial charge in [0.05, 0.1) is 4.88 Å². The van der Waals surface area contributed by atoms with Gasteiger partial charge in [0.25, 0.3) is 11.8 Å². The number of thiophene rings is 1. The fraction of sp³-hybridized carbons (Fsp3) is 0.0952. The number of halogens is 1. The fourth-order valence-electron chi connectivity index (χ4n) is 3.09. The number of carbonyl (C=O) groups is 3. The largest absolute Gasteiger partial charge is 0.344 e. The molecule has 0 saturated carbocycles. The third kappa shape index (κ3) is 3.50. The van der Waals surface area contributed by atoms with E-state index in [2.05, 4.69) is 10.7 Å². The maximum absolute atomic E-state index is 12.9. The number of hydrogen-bond acceptors (Lipinski definition) is 4. The van der Waals surface area contributed by atoms with E-state index >= 15 is 0 Å². The van der Waals surface area contributed by atoms with Gasteiger partial charge in [-0.25, -0.2) is 4.79 Å². The summed E-state index contributed by atoms with van der Waals surface area (Å²) in [7, 11) is 0. The summed E-state index contributed by atoms with van der Waals surface area (Å²) < 4.78 is 0. The molecule has 2 heterocycles. The Morgan fingerprint density at radius 2 is 1.72 bits per heavy atom. The second kappa shape index (κ2) is 7.35. The molecule has 4 rings (SSSR count). The molecule has 2 N–H and O–H groups in total. The molecule has 1 saturated heterocycles. The van der Waals surface area contributed by atoms with Gasteiger partial charge in [-0.15, -0.1) is 11.3 Å². The first kappa shape index (κ1) is 19.2. The molecule has 0 radical (unpaired) electrons. The van der Waals surface area contributed by atoms with Gasteiger partial charge in [0.15, 0.2) is 0 Å². The summed E-state index contributed by atoms with van der Waals surface area (Å²) in [5, 5.41) is 4.01. The van der Waals surface area contributed by atoms with Crippen molar-refractivity contribution in [1.82, 2.24) is 15.8 Å². The van der Waals surface area contributed by atoms with Crippen molar-refractivity contribution in [1.29, 1.82) is 0 Å². The van der Waals surface area contributed by atoms with Crippen LogP contribution in [0.15, 0.2) is 66.7 Å². The smallest absolute Gasteiger partial charge is 0.318 e. The minimum absolute atomic E-state index is 0.379. The summed E-state index contributed by atoms with van der Waals surface area (Å²) in [4.78, 5) is 39.1. The van der Waals surface area contributed by atoms with Crippen molar-refractivity contribution in [3.63, 3.8) is 0 Å². The van der Waals surface area contributed by atoms with Crippen LogP contribution in [0.3, 0.4) is 0 Å². The van der Waals surface area contributed by atoms with Crippen LogP contribution in [0.1, 0.15) is 22.2 Å². The molecule has 1 aliphatic rings. The Morgan fingerprint density at radius 1 is 1.03 bits per heavy atom. The number of carbonyl (C=O) groups excluding carboxylic acids is 3. The lowest BCUT2D eigenvalue weighted by molar-refractivity contribution is -0.132. The highest BCUT2D eigenvalue weighted by Crippen LogP contribution is 2.30. The van der Waals surface area contributed by atoms with E-state index in [-0.39, 0.29) is 0 Å². The lowest BCUT2D eigenvalue weighted by Crippen LogP contribution is -2.47. The van der Waals surface area contributed by atoms with Crippen LogP contribution in [-0.4, -0.2) is 22.9 Å². The molecule has 0 unspecified atom stereocenters. The van der Waals surface area contributed by atoms with Crippen LogP contribution >= 0.6 is 22.9 Å². The first-order valence-corrected chi connectivity index (χ1v) is 9.97. The molecule has 3 aromatic rings. The summed E-state index contributed by atoms with van der Waals surface area (Å²) in [6.07, 6.45) is 0. The number of hydrogen-bond donors (Lipinski definition) is 2. The zero-order valence-corrected chi connectivity index (χ0v) is 16.9. The molecule has 0 spiro atoms. The van der Waals surface area contributed by atoms with E-state index in [4.69, 9.17) is 11.6 Å². The van der Waals surface area contributed by atoms with E-state index < -0.39 is 23.4 Å². The van der Waals surface area contributed by atoms with Crippen LogP contribution in [0.4, 0.5) is 4.79 Å². The Labute approximate surface area is 176 Å². The molecular weight excluding hydrogens is 410 g/mol. The summed E-state index contributed by atoms with van der Waals surface area (Å²) in [5.74, 6) is -1.08. The Balaban J connectivity index is 1.52. The van der Waals surface area contributed by atoms with Crippen LogP contribution in [-0.2, 0) is 10.3 Å². The van der Waals surface area contributed by atoms with Crippen molar-refractivity contribution < 1.29 is 14.4 Å². The lowest BCUT2D eigenvalue weighted by atomic mass is 9.92. The van der Waals surface area contributed by atoms with Gasteiger partial charge in [-0.05, 0) is 42.3 Å². The molecule has 8 heteroatoms. The fourth-order valence-corrected chi connectivity index (χ4v) is 4.12. The number of nitrogens with one attached hydrogen (secondary N) is 2. The normalized spacial score (nSPS) is 18.6. The van der Waals surface area contributed by atoms with Crippen molar-refractivity contribution >= 4 is 40.8 Å². The van der Waals surface area contributed by atoms with Gasteiger partial charge in [0.2, 0.25) is 0 Å². The van der Waals surface area contributed by atoms with Crippen LogP contribution in [0, 0.1) is 0 Å². The van der Waals surface area contributed by atoms with Gasteiger partial charge >= 0.3 is 6.03 Å². The monoisotopic (exact) mass is 425 g/mol. The van der Waals surface area contributed by atoms with E-state index in [1.807, 2.05) is 24.3 Å². The van der Waals surface area contributed by atoms with Gasteiger partial charge in [-0.2, -0.15) is 5.01 Å². The number of nitrogens with zero attached hydrogens (tertiary/aromatic N) is 1. The van der Waals surface area contributed by atoms with Gasteiger partial charge in [0.1, 0.15) is 5.54 Å². The molecule has 1 fully saturated rings. The van der Waals surface area contributed by atoms with E-state index in [0.29, 0.717) is 15.5 Å². The highest BCUT2D eigenvalue weighted by atomic mass is 35.5. The van der Waals surface area contributed by atoms with Crippen LogP contribution < -0.4 is 10.7 Å². The van der Waals surface area contributed by atoms with E-state index in [1.165, 1.54) is 11.3 Å². The topological polar surface area (TPSA) is 78.5 Å². The van der Waals surface area contributed by atoms with Crippen molar-refractivity contribution in [2.75, 3.05) is 0 Å². The predicted molar refractivity (Wildman–Crippen MR) is 111 cm³/mol. The molecule has 0 aliphatic carbocycles. The Morgan fingerprint density at radius 3 is 2.41 bits per heavy atom. The number of amides is 4. The zero-order valence-electron chi connectivity index (χ0n) is 15.3. The number of imide groups is 1. The Kier molecular flexibility index (Phi) is 4.86. The first-order valence-electron chi connectivity index (χ1n) is 8.77. The summed E-state index contributed by atoms with van der Waals surface area (Å²) in [5.41, 5.74) is 2.73. The average Bonchev–Trinajstić information content (AvgIpc) is 3.29. The number of rotatable bonds is 4. The molecule has 1 aromatic heterocycles. The molecule has 2 aromatic carbocycles. The molecule has 146 valence electrons. The summed E-state index contributed by atoms with van der Waals surface area (Å²) >= 11 is 7.17. The molecule has 29 heavy (non-hydrogen) atoms. The van der Waals surface area contributed by atoms with Gasteiger partial charge in [-0.3, -0.25) is 15.0 Å². The molecular formula is C21H16ClN3O3S. The highest BCUT2D eigenvalue weighted by molar-refractivity contribution is 7.17. The average molecular weight is 426 g/mol. The van der Waals surface area contributed by atoms with E-state index in [9.17, 15) is 14.4 Å². The number of benzene rings is 2. The SMILES string of the molecule is C[C@@]1(c2ccccc2)NC(=O)N(NC(=O)c2ccc(-c3ccc(Cl)cc3)s2)C1=O. The van der Waals surface area contributed by atoms with Crippen LogP contribution in [0.25, 0.3) is 10.4 Å². The summed E-state index contributed by atoms with van der Waals surface area (Å²) in [6.45, 7) is 1.61. The second-order valence-electron chi connectivity index (χ2n) is 6.67. The van der Waals surface area contributed by atoms with Crippen LogP contribution in [0.5, 0.6) is 0 Å². The van der Waals surface area contributed by atoms with Crippen molar-refractivity contribution in [2.24, 2.45) is 0 Å². The van der Waals surface area contributed by atoms with Crippen molar-refractivity contribution in [3.8, 4) is 10.4 Å². The summed E-state index contributed by atoms with van der Waals surface area (Å²) in [6, 6.07) is 18.9. The highest BCUT2D eigenvalue weighted by Gasteiger charge is 2.50. The Hall–Kier alpha value is -3.16. The Bertz CT molecular complexity index is 1100. The van der Waals surface area contributed by atoms with Gasteiger partial charge in [0, 0.05) is 9.90 Å². The number of urea groups is 1.